The predicted octanol–water partition coefficient (Wildman–Crippen LogP) is 6.54. The number of nitrogens with zero attached hydrogens (tertiary/aromatic N) is 3. The Labute approximate surface area is 198 Å². The Hall–Kier alpha value is -2.82. The molecule has 3 aromatic carbocycles. The maximum atomic E-state index is 13.6. The number of hydrogen-bond acceptors (Lipinski definition) is 2. The molecule has 6 heteroatoms. The molecule has 4 rings (SSSR count). The first kappa shape index (κ1) is 22.4. The molecule has 1 amide bonds. The van der Waals surface area contributed by atoms with Crippen molar-refractivity contribution < 1.29 is 4.79 Å². The summed E-state index contributed by atoms with van der Waals surface area (Å²) in [6.07, 6.45) is 1.24. The molecule has 1 aromatic heterocycles. The summed E-state index contributed by atoms with van der Waals surface area (Å²) in [6.45, 7) is 2.57. The molecule has 4 aromatic rings. The number of amides is 1. The van der Waals surface area contributed by atoms with E-state index in [4.69, 9.17) is 28.2 Å². The molecule has 0 N–H and O–H groups in total. The lowest BCUT2D eigenvalue weighted by atomic mass is 10.1. The van der Waals surface area contributed by atoms with E-state index in [0.717, 1.165) is 28.0 Å². The molecule has 0 spiro atoms. The van der Waals surface area contributed by atoms with Gasteiger partial charge in [-0.05, 0) is 29.7 Å². The average Bonchev–Trinajstić information content (AvgIpc) is 3.12. The number of likely N-dealkylation sites (N-methyl/N-ethyl adjacent to an activating group) is 1. The maximum absolute atomic E-state index is 13.6. The smallest absolute Gasteiger partial charge is 0.245 e. The van der Waals surface area contributed by atoms with Crippen LogP contribution in [0.2, 0.25) is 10.0 Å². The Balaban J connectivity index is 1.76. The molecule has 0 aliphatic heterocycles. The first-order valence-corrected chi connectivity index (χ1v) is 11.4. The molecule has 0 aliphatic carbocycles. The highest BCUT2D eigenvalue weighted by Crippen LogP contribution is 2.32. The standard InChI is InChI=1S/C26H25Cl2N3O/c1-3-23(26(32)30(2)17-19-12-8-5-9-13-19)31-24-16-21(28)20(27)15-22(24)29-25(31)14-18-10-6-4-7-11-18/h4-13,15-16,23H,3,14,17H2,1-2H3/t23-/m0/s1. The molecule has 0 aliphatic rings. The van der Waals surface area contributed by atoms with E-state index in [1.165, 1.54) is 0 Å². The van der Waals surface area contributed by atoms with Crippen molar-refractivity contribution in [3.63, 3.8) is 0 Å². The first-order valence-electron chi connectivity index (χ1n) is 10.7. The van der Waals surface area contributed by atoms with Crippen molar-refractivity contribution in [2.45, 2.75) is 32.4 Å². The molecule has 0 radical (unpaired) electrons. The number of fused-ring (bicyclic) bond motifs is 1. The van der Waals surface area contributed by atoms with E-state index in [1.54, 1.807) is 11.0 Å². The zero-order valence-corrected chi connectivity index (χ0v) is 19.6. The van der Waals surface area contributed by atoms with Crippen LogP contribution in [-0.4, -0.2) is 27.4 Å². The largest absolute Gasteiger partial charge is 0.340 e. The van der Waals surface area contributed by atoms with Gasteiger partial charge < -0.3 is 9.47 Å². The van der Waals surface area contributed by atoms with Crippen LogP contribution in [0.4, 0.5) is 0 Å². The second-order valence-electron chi connectivity index (χ2n) is 7.92. The number of aromatic nitrogens is 2. The third-order valence-corrected chi connectivity index (χ3v) is 6.35. The topological polar surface area (TPSA) is 38.1 Å². The van der Waals surface area contributed by atoms with Crippen molar-refractivity contribution in [2.75, 3.05) is 7.05 Å². The Morgan fingerprint density at radius 2 is 1.56 bits per heavy atom. The van der Waals surface area contributed by atoms with Gasteiger partial charge in [-0.15, -0.1) is 0 Å². The summed E-state index contributed by atoms with van der Waals surface area (Å²) in [5, 5.41) is 0.905. The van der Waals surface area contributed by atoms with Crippen LogP contribution in [0, 0.1) is 0 Å². The maximum Gasteiger partial charge on any atom is 0.245 e. The molecule has 0 saturated carbocycles. The highest BCUT2D eigenvalue weighted by molar-refractivity contribution is 6.42. The molecule has 1 heterocycles. The zero-order chi connectivity index (χ0) is 22.7. The fraction of sp³-hybridized carbons (Fsp3) is 0.231. The van der Waals surface area contributed by atoms with Gasteiger partial charge in [-0.1, -0.05) is 90.8 Å². The fourth-order valence-corrected chi connectivity index (χ4v) is 4.36. The van der Waals surface area contributed by atoms with Gasteiger partial charge in [0.15, 0.2) is 0 Å². The lowest BCUT2D eigenvalue weighted by Gasteiger charge is -2.26. The number of rotatable bonds is 7. The quantitative estimate of drug-likeness (QED) is 0.310. The van der Waals surface area contributed by atoms with Gasteiger partial charge in [0.2, 0.25) is 5.91 Å². The van der Waals surface area contributed by atoms with Crippen LogP contribution in [0.3, 0.4) is 0 Å². The summed E-state index contributed by atoms with van der Waals surface area (Å²) in [5.74, 6) is 0.855. The summed E-state index contributed by atoms with van der Waals surface area (Å²) >= 11 is 12.6. The van der Waals surface area contributed by atoms with Crippen LogP contribution in [0.15, 0.2) is 72.8 Å². The Morgan fingerprint density at radius 1 is 0.969 bits per heavy atom. The summed E-state index contributed by atoms with van der Waals surface area (Å²) in [7, 11) is 1.85. The SMILES string of the molecule is CC[C@@H](C(=O)N(C)Cc1ccccc1)n1c(Cc2ccccc2)nc2cc(Cl)c(Cl)cc21. The second-order valence-corrected chi connectivity index (χ2v) is 8.73. The molecule has 164 valence electrons. The van der Waals surface area contributed by atoms with Crippen molar-refractivity contribution >= 4 is 40.1 Å². The minimum atomic E-state index is -0.398. The van der Waals surface area contributed by atoms with E-state index < -0.39 is 6.04 Å². The molecule has 4 nitrogen and oxygen atoms in total. The number of carbonyl (C=O) groups excluding carboxylic acids is 1. The highest BCUT2D eigenvalue weighted by Gasteiger charge is 2.27. The Morgan fingerprint density at radius 3 is 2.19 bits per heavy atom. The lowest BCUT2D eigenvalue weighted by molar-refractivity contribution is -0.134. The van der Waals surface area contributed by atoms with E-state index in [2.05, 4.69) is 12.1 Å². The normalized spacial score (nSPS) is 12.1. The van der Waals surface area contributed by atoms with E-state index in [0.29, 0.717) is 29.4 Å². The molecular formula is C26H25Cl2N3O. The van der Waals surface area contributed by atoms with E-state index in [9.17, 15) is 4.79 Å². The Kier molecular flexibility index (Phi) is 6.83. The number of halogens is 2. The zero-order valence-electron chi connectivity index (χ0n) is 18.1. The number of benzene rings is 3. The van der Waals surface area contributed by atoms with Gasteiger partial charge in [-0.3, -0.25) is 4.79 Å². The summed E-state index contributed by atoms with van der Waals surface area (Å²) in [6, 6.07) is 23.3. The molecule has 1 atom stereocenters. The highest BCUT2D eigenvalue weighted by atomic mass is 35.5. The van der Waals surface area contributed by atoms with E-state index in [-0.39, 0.29) is 5.91 Å². The van der Waals surface area contributed by atoms with Crippen molar-refractivity contribution in [2.24, 2.45) is 0 Å². The molecule has 32 heavy (non-hydrogen) atoms. The summed E-state index contributed by atoms with van der Waals surface area (Å²) in [4.78, 5) is 20.2. The van der Waals surface area contributed by atoms with Crippen LogP contribution in [0.25, 0.3) is 11.0 Å². The van der Waals surface area contributed by atoms with Crippen molar-refractivity contribution in [1.29, 1.82) is 0 Å². The van der Waals surface area contributed by atoms with Gasteiger partial charge in [-0.2, -0.15) is 0 Å². The minimum absolute atomic E-state index is 0.0380. The number of hydrogen-bond donors (Lipinski definition) is 0. The van der Waals surface area contributed by atoms with Gasteiger partial charge >= 0.3 is 0 Å². The fourth-order valence-electron chi connectivity index (χ4n) is 4.05. The van der Waals surface area contributed by atoms with Crippen LogP contribution in [0.1, 0.15) is 36.3 Å². The molecular weight excluding hydrogens is 441 g/mol. The van der Waals surface area contributed by atoms with Crippen LogP contribution >= 0.6 is 23.2 Å². The van der Waals surface area contributed by atoms with Crippen molar-refractivity contribution in [1.82, 2.24) is 14.5 Å². The number of imidazole rings is 1. The average molecular weight is 466 g/mol. The summed E-state index contributed by atoms with van der Waals surface area (Å²) in [5.41, 5.74) is 3.77. The predicted molar refractivity (Wildman–Crippen MR) is 131 cm³/mol. The molecule has 0 fully saturated rings. The van der Waals surface area contributed by atoms with E-state index >= 15 is 0 Å². The third-order valence-electron chi connectivity index (χ3n) is 5.63. The first-order chi connectivity index (χ1) is 15.5. The van der Waals surface area contributed by atoms with Crippen LogP contribution < -0.4 is 0 Å². The van der Waals surface area contributed by atoms with Gasteiger partial charge in [0.1, 0.15) is 11.9 Å². The summed E-state index contributed by atoms with van der Waals surface area (Å²) < 4.78 is 2.04. The molecule has 0 unspecified atom stereocenters. The van der Waals surface area contributed by atoms with Crippen molar-refractivity contribution in [3.05, 3.63) is 99.8 Å². The second kappa shape index (κ2) is 9.76. The Bertz CT molecular complexity index is 1220. The third kappa shape index (κ3) is 4.67. The monoisotopic (exact) mass is 465 g/mol. The van der Waals surface area contributed by atoms with E-state index in [1.807, 2.05) is 73.1 Å². The molecule has 0 bridgehead atoms. The van der Waals surface area contributed by atoms with Gasteiger partial charge in [0.05, 0.1) is 21.1 Å². The van der Waals surface area contributed by atoms with Gasteiger partial charge in [0.25, 0.3) is 0 Å². The van der Waals surface area contributed by atoms with Gasteiger partial charge in [0, 0.05) is 20.0 Å². The van der Waals surface area contributed by atoms with Crippen LogP contribution in [-0.2, 0) is 17.8 Å². The van der Waals surface area contributed by atoms with Crippen molar-refractivity contribution in [3.8, 4) is 0 Å². The lowest BCUT2D eigenvalue weighted by Crippen LogP contribution is -2.34. The van der Waals surface area contributed by atoms with Crippen LogP contribution in [0.5, 0.6) is 0 Å². The minimum Gasteiger partial charge on any atom is -0.340 e. The van der Waals surface area contributed by atoms with Gasteiger partial charge in [-0.25, -0.2) is 4.98 Å². The number of carbonyl (C=O) groups is 1. The molecule has 0 saturated heterocycles.